The van der Waals surface area contributed by atoms with E-state index in [0.717, 1.165) is 24.7 Å². The highest BCUT2D eigenvalue weighted by Crippen LogP contribution is 2.34. The van der Waals surface area contributed by atoms with E-state index in [-0.39, 0.29) is 41.9 Å². The summed E-state index contributed by atoms with van der Waals surface area (Å²) in [4.78, 5) is 131. The van der Waals surface area contributed by atoms with Crippen molar-refractivity contribution in [3.8, 4) is 0 Å². The van der Waals surface area contributed by atoms with Crippen LogP contribution >= 0.6 is 0 Å². The van der Waals surface area contributed by atoms with Crippen molar-refractivity contribution in [2.45, 2.75) is 178 Å². The SMILES string of the molecule is CB(C)CCCNC(=O)C1=CBC(C2=CBC(CCNC(=O)[C@@H](NC(=O)[C@@H](C)C(C)[C@@H](C)NC(=O)[C@@H](NC(=O)c3nc([C@H](CC(N)=O)NC[C@H](N)C(N)=O)nc(N)c3C)[C@@H](OC3OC(O)C(O)C(O)C3OC3OC(CO)C(O)C(OC(N)=O)C3O)c3c[nH]cn3)[C@@H](C)O)=N2)=N1. The first kappa shape index (κ1) is 76.2. The van der Waals surface area contributed by atoms with Gasteiger partial charge in [-0.3, -0.25) is 43.5 Å². The summed E-state index contributed by atoms with van der Waals surface area (Å²) in [6, 6.07) is -7.16. The summed E-state index contributed by atoms with van der Waals surface area (Å²) in [6.45, 7) is 11.2. The molecule has 8 amide bonds. The van der Waals surface area contributed by atoms with Gasteiger partial charge in [-0.05, 0) is 45.1 Å². The number of allylic oxidation sites excluding steroid dienone is 1. The number of aliphatic hydroxyl groups is 7. The lowest BCUT2D eigenvalue weighted by atomic mass is 9.51. The lowest BCUT2D eigenvalue weighted by Crippen LogP contribution is -2.65. The molecule has 40 heteroatoms. The number of aromatic nitrogens is 4. The molecule has 2 aromatic heterocycles. The largest absolute Gasteiger partial charge is 0.441 e. The number of ether oxygens (including phenoxy) is 5. The fraction of sp³-hybridized carbons (Fsp3) is 0.618. The summed E-state index contributed by atoms with van der Waals surface area (Å²) in [5.41, 5.74) is 29.7. The van der Waals surface area contributed by atoms with Gasteiger partial charge in [0.05, 0.1) is 42.5 Å². The molecular weight excluding hydrogens is 1250 g/mol. The van der Waals surface area contributed by atoms with E-state index in [1.807, 2.05) is 5.98 Å². The van der Waals surface area contributed by atoms with Gasteiger partial charge in [-0.2, -0.15) is 0 Å². The van der Waals surface area contributed by atoms with Gasteiger partial charge in [0.1, 0.15) is 84.6 Å². The highest BCUT2D eigenvalue weighted by Gasteiger charge is 2.54. The van der Waals surface area contributed by atoms with Gasteiger partial charge >= 0.3 is 6.09 Å². The van der Waals surface area contributed by atoms with Crippen LogP contribution in [0.1, 0.15) is 86.7 Å². The Morgan fingerprint density at radius 2 is 1.53 bits per heavy atom. The third-order valence-electron chi connectivity index (χ3n) is 16.4. The Morgan fingerprint density at radius 1 is 0.811 bits per heavy atom. The standard InChI is InChI=1S/C55H86B3N17O20/c1-20(21(2)47(84)73-34(24(5)77)49(86)66-12-9-31-56-14-27(70-31)43-57-15-28(71-43)48(85)65-11-8-10-58(6)7)23(4)69-51(88)35(74-50(87)33-22(3)44(61)75-46(72-33)26(13-32(60)78)67-16-25(59)45(62)83)40(29-17-64-19-68-29)92-54-42(37(80)38(81)52(89)95-54)93-53-39(82)41(94-55(63)90)36(79)30(18-76)91-53/h14-15,17,19-21,23-26,30,34-42,52-54,56-57,67,76-77,79-82,89H,8-13,16,18,59H2,1-7H3,(H2,60,78)(H2,62,83)(H2,63,90)(H,64,68)(H,65,85)(H,66,86)(H,69,88)(H,73,84)(H,74,87)(H2,61,72,75)/t20?,21-,23+,24+,25-,26-,30?,34-,35-,36?,37?,38?,39?,40-,41?,42?,52?,53?,54?/m0/s1. The molecule has 4 aliphatic rings. The maximum Gasteiger partial charge on any atom is 0.404 e. The number of amides is 8. The molecule has 0 aliphatic carbocycles. The van der Waals surface area contributed by atoms with E-state index in [4.69, 9.17) is 52.4 Å². The third kappa shape index (κ3) is 20.3. The molecule has 0 spiro atoms. The van der Waals surface area contributed by atoms with Crippen LogP contribution in [0.15, 0.2) is 45.9 Å². The normalized spacial score (nSPS) is 25.3. The minimum atomic E-state index is -2.31. The molecule has 520 valence electrons. The highest BCUT2D eigenvalue weighted by molar-refractivity contribution is 6.87. The van der Waals surface area contributed by atoms with Crippen molar-refractivity contribution in [2.75, 3.05) is 32.0 Å². The maximum absolute atomic E-state index is 15.2. The zero-order chi connectivity index (χ0) is 70.3. The molecule has 0 radical (unpaired) electrons. The van der Waals surface area contributed by atoms with E-state index >= 15 is 4.79 Å². The zero-order valence-corrected chi connectivity index (χ0v) is 53.5. The summed E-state index contributed by atoms with van der Waals surface area (Å²) in [7, 11) is 0.882. The molecule has 95 heavy (non-hydrogen) atoms. The fourth-order valence-corrected chi connectivity index (χ4v) is 10.4. The third-order valence-corrected chi connectivity index (χ3v) is 16.4. The molecule has 0 aromatic carbocycles. The van der Waals surface area contributed by atoms with Gasteiger partial charge in [-0.1, -0.05) is 45.8 Å². The number of aromatic amines is 1. The Labute approximate surface area is 546 Å². The van der Waals surface area contributed by atoms with Crippen molar-refractivity contribution in [3.05, 3.63) is 58.6 Å². The predicted molar refractivity (Wildman–Crippen MR) is 339 cm³/mol. The van der Waals surface area contributed by atoms with E-state index < -0.39 is 176 Å². The Kier molecular flexibility index (Phi) is 27.8. The predicted octanol–water partition coefficient (Wildman–Crippen LogP) is -8.26. The van der Waals surface area contributed by atoms with Gasteiger partial charge in [0, 0.05) is 55.4 Å². The van der Waals surface area contributed by atoms with Crippen LogP contribution in [0, 0.1) is 18.8 Å². The molecule has 24 N–H and O–H groups in total. The van der Waals surface area contributed by atoms with Crippen LogP contribution in [-0.4, -0.2) is 254 Å². The lowest BCUT2D eigenvalue weighted by molar-refractivity contribution is -0.390. The fourth-order valence-electron chi connectivity index (χ4n) is 10.4. The number of primary amides is 3. The Balaban J connectivity index is 1.24. The number of anilines is 1. The summed E-state index contributed by atoms with van der Waals surface area (Å²) in [5.74, 6) is -4.82. The second-order valence-corrected chi connectivity index (χ2v) is 24.0. The monoisotopic (exact) mass is 1340 g/mol. The molecule has 2 saturated heterocycles. The molecule has 4 aliphatic heterocycles. The van der Waals surface area contributed by atoms with E-state index in [1.54, 1.807) is 12.9 Å². The number of nitrogens with one attached hydrogen (secondary N) is 7. The number of aliphatic hydroxyl groups excluding tert-OH is 7. The first-order chi connectivity index (χ1) is 44.8. The summed E-state index contributed by atoms with van der Waals surface area (Å²) < 4.78 is 28.3. The number of H-pyrrole nitrogens is 1. The van der Waals surface area contributed by atoms with Crippen LogP contribution in [0.4, 0.5) is 10.6 Å². The number of rotatable bonds is 34. The van der Waals surface area contributed by atoms with Gasteiger partial charge in [0.15, 0.2) is 25.0 Å². The molecule has 19 atom stereocenters. The second-order valence-electron chi connectivity index (χ2n) is 24.0. The molecule has 2 fully saturated rings. The molecule has 11 unspecified atom stereocenters. The van der Waals surface area contributed by atoms with E-state index in [1.165, 1.54) is 33.9 Å². The van der Waals surface area contributed by atoms with Crippen LogP contribution in [0.3, 0.4) is 0 Å². The van der Waals surface area contributed by atoms with E-state index in [0.29, 0.717) is 51.2 Å². The smallest absolute Gasteiger partial charge is 0.404 e. The van der Waals surface area contributed by atoms with Crippen LogP contribution in [0.2, 0.25) is 20.0 Å². The Morgan fingerprint density at radius 3 is 2.16 bits per heavy atom. The van der Waals surface area contributed by atoms with Crippen LogP contribution in [0.25, 0.3) is 0 Å². The first-order valence-electron chi connectivity index (χ1n) is 30.8. The van der Waals surface area contributed by atoms with Crippen molar-refractivity contribution in [1.82, 2.24) is 51.8 Å². The van der Waals surface area contributed by atoms with Crippen LogP contribution in [0.5, 0.6) is 0 Å². The van der Waals surface area contributed by atoms with Crippen molar-refractivity contribution < 1.29 is 97.8 Å². The number of hydrogen-bond donors (Lipinski definition) is 19. The number of imidazole rings is 1. The molecular formula is C55H86B3N17O20. The van der Waals surface area contributed by atoms with Gasteiger partial charge in [0.25, 0.3) is 11.8 Å². The minimum Gasteiger partial charge on any atom is -0.441 e. The molecule has 0 bridgehead atoms. The van der Waals surface area contributed by atoms with Gasteiger partial charge < -0.3 is 125 Å². The number of nitrogens with zero attached hydrogens (tertiary/aromatic N) is 5. The first-order valence-corrected chi connectivity index (χ1v) is 30.8. The summed E-state index contributed by atoms with van der Waals surface area (Å²) in [5, 5.41) is 92.6. The highest BCUT2D eigenvalue weighted by atomic mass is 16.8. The molecule has 6 rings (SSSR count). The average Bonchev–Trinajstić information content (AvgIpc) is 1.39. The topological polar surface area (TPSA) is 606 Å². The quantitative estimate of drug-likeness (QED) is 0.0229. The van der Waals surface area contributed by atoms with Gasteiger partial charge in [-0.15, -0.1) is 0 Å². The number of nitrogens with two attached hydrogens (primary N) is 5. The van der Waals surface area contributed by atoms with Crippen molar-refractivity contribution in [2.24, 2.45) is 44.8 Å². The maximum atomic E-state index is 15.2. The van der Waals surface area contributed by atoms with Crippen molar-refractivity contribution in [3.63, 3.8) is 0 Å². The van der Waals surface area contributed by atoms with Crippen molar-refractivity contribution >= 4 is 85.8 Å². The molecule has 2 aromatic rings. The van der Waals surface area contributed by atoms with E-state index in [2.05, 4.69) is 75.5 Å². The van der Waals surface area contributed by atoms with Gasteiger partial charge in [0.2, 0.25) is 44.1 Å². The van der Waals surface area contributed by atoms with Crippen molar-refractivity contribution in [1.29, 1.82) is 0 Å². The number of hydrogen-bond acceptors (Lipinski definition) is 28. The summed E-state index contributed by atoms with van der Waals surface area (Å²) in [6.07, 6.45) is -21.9. The Bertz CT molecular complexity index is 3190. The number of carbonyl (C=O) groups excluding carboxylic acids is 8. The minimum absolute atomic E-state index is 0.0698. The average molecular weight is 1340 g/mol. The Hall–Kier alpha value is -7.86. The second kappa shape index (κ2) is 34.7. The lowest BCUT2D eigenvalue weighted by Gasteiger charge is -2.46. The van der Waals surface area contributed by atoms with Crippen LogP contribution < -0.4 is 60.6 Å². The number of nitrogen functional groups attached to an aromatic ring is 1. The number of aliphatic imine (C=N–C) groups is 2. The zero-order valence-electron chi connectivity index (χ0n) is 53.5. The summed E-state index contributed by atoms with van der Waals surface area (Å²) >= 11 is 0. The van der Waals surface area contributed by atoms with Crippen LogP contribution in [-0.2, 0) is 52.5 Å². The molecule has 0 saturated carbocycles. The molecule has 6 heterocycles. The number of carbonyl (C=O) groups is 8. The molecule has 37 nitrogen and oxygen atoms in total. The van der Waals surface area contributed by atoms with Gasteiger partial charge in [-0.25, -0.2) is 19.7 Å². The van der Waals surface area contributed by atoms with E-state index in [9.17, 15) is 69.3 Å².